The molecule has 1 atom stereocenters. The molecule has 0 aromatic heterocycles. The smallest absolute Gasteiger partial charge is 0.237 e. The van der Waals surface area contributed by atoms with Crippen LogP contribution in [0.3, 0.4) is 0 Å². The Kier molecular flexibility index (Phi) is 5.14. The van der Waals surface area contributed by atoms with Crippen LogP contribution >= 0.6 is 0 Å². The zero-order valence-electron chi connectivity index (χ0n) is 14.9. The molecule has 130 valence electrons. The van der Waals surface area contributed by atoms with Gasteiger partial charge in [-0.2, -0.15) is 0 Å². The molecule has 0 radical (unpaired) electrons. The number of nitrogens with zero attached hydrogens (tertiary/aromatic N) is 2. The largest absolute Gasteiger partial charge is 0.384 e. The SMILES string of the molecule is Cc1cc(N=CC2C(=O)Nc3ccccc32)ccc1NCCN(C)C. The van der Waals surface area contributed by atoms with Gasteiger partial charge in [0.15, 0.2) is 0 Å². The number of hydrogen-bond acceptors (Lipinski definition) is 4. The Morgan fingerprint density at radius 1 is 1.24 bits per heavy atom. The van der Waals surface area contributed by atoms with Gasteiger partial charge < -0.3 is 15.5 Å². The number of carbonyl (C=O) groups is 1. The molecule has 0 aliphatic carbocycles. The molecule has 2 N–H and O–H groups in total. The van der Waals surface area contributed by atoms with E-state index in [9.17, 15) is 4.79 Å². The fourth-order valence-electron chi connectivity index (χ4n) is 2.88. The molecule has 25 heavy (non-hydrogen) atoms. The minimum Gasteiger partial charge on any atom is -0.384 e. The van der Waals surface area contributed by atoms with Gasteiger partial charge in [-0.1, -0.05) is 18.2 Å². The highest BCUT2D eigenvalue weighted by Crippen LogP contribution is 2.31. The summed E-state index contributed by atoms with van der Waals surface area (Å²) in [4.78, 5) is 18.8. The highest BCUT2D eigenvalue weighted by molar-refractivity contribution is 6.12. The van der Waals surface area contributed by atoms with Gasteiger partial charge in [0, 0.05) is 30.7 Å². The van der Waals surface area contributed by atoms with Crippen molar-refractivity contribution in [2.24, 2.45) is 4.99 Å². The quantitative estimate of drug-likeness (QED) is 0.795. The molecule has 0 fully saturated rings. The number of hydrogen-bond donors (Lipinski definition) is 2. The van der Waals surface area contributed by atoms with E-state index in [2.05, 4.69) is 41.5 Å². The summed E-state index contributed by atoms with van der Waals surface area (Å²) in [6.07, 6.45) is 1.73. The molecule has 0 saturated heterocycles. The summed E-state index contributed by atoms with van der Waals surface area (Å²) < 4.78 is 0. The number of fused-ring (bicyclic) bond motifs is 1. The number of benzene rings is 2. The lowest BCUT2D eigenvalue weighted by Gasteiger charge is -2.13. The van der Waals surface area contributed by atoms with Crippen LogP contribution in [0.25, 0.3) is 0 Å². The van der Waals surface area contributed by atoms with Crippen molar-refractivity contribution in [1.82, 2.24) is 4.90 Å². The normalized spacial score (nSPS) is 16.3. The average Bonchev–Trinajstić information content (AvgIpc) is 2.89. The van der Waals surface area contributed by atoms with Crippen molar-refractivity contribution in [3.8, 4) is 0 Å². The third-order valence-electron chi connectivity index (χ3n) is 4.29. The number of anilines is 2. The Bertz CT molecular complexity index is 798. The zero-order chi connectivity index (χ0) is 17.8. The predicted molar refractivity (Wildman–Crippen MR) is 104 cm³/mol. The Balaban J connectivity index is 1.70. The van der Waals surface area contributed by atoms with Crippen molar-refractivity contribution in [2.45, 2.75) is 12.8 Å². The second-order valence-electron chi connectivity index (χ2n) is 6.56. The number of likely N-dealkylation sites (N-methyl/N-ethyl adjacent to an activating group) is 1. The molecular weight excluding hydrogens is 312 g/mol. The summed E-state index contributed by atoms with van der Waals surface area (Å²) in [6.45, 7) is 3.94. The second-order valence-corrected chi connectivity index (χ2v) is 6.56. The molecule has 2 aromatic carbocycles. The van der Waals surface area contributed by atoms with Crippen LogP contribution in [0.2, 0.25) is 0 Å². The van der Waals surface area contributed by atoms with Crippen LogP contribution in [0, 0.1) is 6.92 Å². The van der Waals surface area contributed by atoms with Crippen LogP contribution < -0.4 is 10.6 Å². The maximum Gasteiger partial charge on any atom is 0.237 e. The molecule has 1 unspecified atom stereocenters. The maximum atomic E-state index is 12.1. The van der Waals surface area contributed by atoms with Gasteiger partial charge in [-0.25, -0.2) is 0 Å². The summed E-state index contributed by atoms with van der Waals surface area (Å²) in [5, 5.41) is 6.32. The first-order valence-electron chi connectivity index (χ1n) is 8.48. The standard InChI is InChI=1S/C20H24N4O/c1-14-12-15(8-9-18(14)21-10-11-24(2)3)22-13-17-16-6-4-5-7-19(16)23-20(17)25/h4-9,12-13,17,21H,10-11H2,1-3H3,(H,23,25). The van der Waals surface area contributed by atoms with E-state index in [1.54, 1.807) is 6.21 Å². The van der Waals surface area contributed by atoms with Crippen molar-refractivity contribution >= 4 is 29.2 Å². The summed E-state index contributed by atoms with van der Waals surface area (Å²) in [5.41, 5.74) is 4.97. The zero-order valence-corrected chi connectivity index (χ0v) is 14.9. The van der Waals surface area contributed by atoms with Gasteiger partial charge in [0.25, 0.3) is 0 Å². The number of nitrogens with one attached hydrogen (secondary N) is 2. The Morgan fingerprint density at radius 3 is 2.80 bits per heavy atom. The topological polar surface area (TPSA) is 56.7 Å². The highest BCUT2D eigenvalue weighted by atomic mass is 16.2. The van der Waals surface area contributed by atoms with Crippen LogP contribution in [0.1, 0.15) is 17.0 Å². The first-order valence-corrected chi connectivity index (χ1v) is 8.48. The van der Waals surface area contributed by atoms with E-state index in [-0.39, 0.29) is 11.8 Å². The lowest BCUT2D eigenvalue weighted by Crippen LogP contribution is -2.21. The molecule has 2 aromatic rings. The monoisotopic (exact) mass is 336 g/mol. The fourth-order valence-corrected chi connectivity index (χ4v) is 2.88. The number of aliphatic imine (C=N–C) groups is 1. The average molecular weight is 336 g/mol. The van der Waals surface area contributed by atoms with E-state index < -0.39 is 0 Å². The molecule has 1 aliphatic heterocycles. The molecule has 1 amide bonds. The van der Waals surface area contributed by atoms with E-state index >= 15 is 0 Å². The van der Waals surface area contributed by atoms with Gasteiger partial charge in [-0.05, 0) is 56.4 Å². The van der Waals surface area contributed by atoms with Crippen molar-refractivity contribution in [3.05, 3.63) is 53.6 Å². The minimum atomic E-state index is -0.325. The summed E-state index contributed by atoms with van der Waals surface area (Å²) >= 11 is 0. The summed E-state index contributed by atoms with van der Waals surface area (Å²) in [5.74, 6) is -0.349. The van der Waals surface area contributed by atoms with Crippen LogP contribution in [-0.2, 0) is 4.79 Å². The number of rotatable bonds is 6. The lowest BCUT2D eigenvalue weighted by molar-refractivity contribution is -0.115. The molecular formula is C20H24N4O. The third kappa shape index (κ3) is 4.06. The molecule has 5 heteroatoms. The van der Waals surface area contributed by atoms with Crippen molar-refractivity contribution in [1.29, 1.82) is 0 Å². The molecule has 3 rings (SSSR count). The fraction of sp³-hybridized carbons (Fsp3) is 0.300. The number of para-hydroxylation sites is 1. The first-order chi connectivity index (χ1) is 12.0. The number of amides is 1. The number of carbonyl (C=O) groups excluding carboxylic acids is 1. The van der Waals surface area contributed by atoms with Gasteiger partial charge in [0.05, 0.1) is 5.69 Å². The Hall–Kier alpha value is -2.66. The Morgan fingerprint density at radius 2 is 2.04 bits per heavy atom. The molecule has 0 saturated carbocycles. The molecule has 1 aliphatic rings. The van der Waals surface area contributed by atoms with Crippen LogP contribution in [0.15, 0.2) is 47.5 Å². The van der Waals surface area contributed by atoms with E-state index in [1.807, 2.05) is 42.5 Å². The van der Waals surface area contributed by atoms with Crippen LogP contribution in [0.5, 0.6) is 0 Å². The van der Waals surface area contributed by atoms with Gasteiger partial charge in [0.2, 0.25) is 5.91 Å². The van der Waals surface area contributed by atoms with Gasteiger partial charge in [0.1, 0.15) is 5.92 Å². The highest BCUT2D eigenvalue weighted by Gasteiger charge is 2.28. The van der Waals surface area contributed by atoms with Crippen molar-refractivity contribution in [2.75, 3.05) is 37.8 Å². The first kappa shape index (κ1) is 17.2. The van der Waals surface area contributed by atoms with E-state index in [0.717, 1.165) is 41.3 Å². The predicted octanol–water partition coefficient (Wildman–Crippen LogP) is 3.41. The molecule has 5 nitrogen and oxygen atoms in total. The van der Waals surface area contributed by atoms with Gasteiger partial charge in [-0.3, -0.25) is 9.79 Å². The molecule has 1 heterocycles. The van der Waals surface area contributed by atoms with Crippen LogP contribution in [-0.4, -0.2) is 44.2 Å². The van der Waals surface area contributed by atoms with E-state index in [1.165, 1.54) is 0 Å². The van der Waals surface area contributed by atoms with Crippen molar-refractivity contribution in [3.63, 3.8) is 0 Å². The van der Waals surface area contributed by atoms with E-state index in [4.69, 9.17) is 0 Å². The maximum absolute atomic E-state index is 12.1. The third-order valence-corrected chi connectivity index (χ3v) is 4.29. The van der Waals surface area contributed by atoms with E-state index in [0.29, 0.717) is 0 Å². The molecule has 0 spiro atoms. The lowest BCUT2D eigenvalue weighted by atomic mass is 10.0. The van der Waals surface area contributed by atoms with Gasteiger partial charge >= 0.3 is 0 Å². The Labute approximate surface area is 148 Å². The molecule has 0 bridgehead atoms. The second kappa shape index (κ2) is 7.49. The van der Waals surface area contributed by atoms with Gasteiger partial charge in [-0.15, -0.1) is 0 Å². The number of aryl methyl sites for hydroxylation is 1. The van der Waals surface area contributed by atoms with Crippen molar-refractivity contribution < 1.29 is 4.79 Å². The van der Waals surface area contributed by atoms with Crippen LogP contribution in [0.4, 0.5) is 17.1 Å². The minimum absolute atomic E-state index is 0.0244. The summed E-state index contributed by atoms with van der Waals surface area (Å²) in [6, 6.07) is 13.8. The summed E-state index contributed by atoms with van der Waals surface area (Å²) in [7, 11) is 4.12.